The third-order valence-electron chi connectivity index (χ3n) is 3.61. The first-order valence-electron chi connectivity index (χ1n) is 17.2. The number of hydrogen-bond acceptors (Lipinski definition) is 17. The molecule has 5 N–H and O–H groups in total. The molecule has 0 fully saturated rings. The van der Waals surface area contributed by atoms with Crippen molar-refractivity contribution in [3.05, 3.63) is 0 Å². The summed E-state index contributed by atoms with van der Waals surface area (Å²) in [5.74, 6) is -2.79. The second-order valence-corrected chi connectivity index (χ2v) is 8.27. The predicted octanol–water partition coefficient (Wildman–Crippen LogP) is 2.38. The van der Waals surface area contributed by atoms with Gasteiger partial charge in [0.1, 0.15) is 6.61 Å². The van der Waals surface area contributed by atoms with Gasteiger partial charge in [-0.15, -0.1) is 23.2 Å². The highest BCUT2D eigenvalue weighted by molar-refractivity contribution is 6.15. The highest BCUT2D eigenvalue weighted by Gasteiger charge is 1.93. The molecule has 0 aliphatic carbocycles. The number of carbonyl (C=O) groups is 4. The Kier molecular flexibility index (Phi) is 132. The Morgan fingerprint density at radius 1 is 0.456 bits per heavy atom. The molecule has 0 amide bonds. The lowest BCUT2D eigenvalue weighted by molar-refractivity contribution is -0.142. The highest BCUT2D eigenvalue weighted by atomic mass is 35.5. The molecule has 0 aliphatic rings. The molecule has 0 aliphatic heterocycles. The van der Waals surface area contributed by atoms with Gasteiger partial charge in [-0.2, -0.15) is 0 Å². The zero-order chi connectivity index (χ0) is 47.5. The third-order valence-corrected chi connectivity index (χ3v) is 3.61. The van der Waals surface area contributed by atoms with Crippen LogP contribution >= 0.6 is 23.2 Å². The number of aliphatic hydroxyl groups is 2. The average Bonchev–Trinajstić information content (AvgIpc) is 3.17. The van der Waals surface area contributed by atoms with Crippen LogP contribution in [-0.4, -0.2) is 224 Å². The van der Waals surface area contributed by atoms with Crippen LogP contribution in [0.1, 0.15) is 29.1 Å². The van der Waals surface area contributed by atoms with E-state index in [2.05, 4.69) is 27.9 Å². The summed E-state index contributed by atoms with van der Waals surface area (Å²) in [5.41, 5.74) is 0. The van der Waals surface area contributed by atoms with Crippen LogP contribution in [-0.2, 0) is 71.3 Å². The van der Waals surface area contributed by atoms with Crippen LogP contribution in [0.2, 0.25) is 0 Å². The van der Waals surface area contributed by atoms with Gasteiger partial charge in [-0.25, -0.2) is 0 Å². The van der Waals surface area contributed by atoms with E-state index in [1.54, 1.807) is 28.4 Å². The molecule has 20 nitrogen and oxygen atoms in total. The van der Waals surface area contributed by atoms with Gasteiger partial charge in [-0.3, -0.25) is 23.6 Å². The van der Waals surface area contributed by atoms with E-state index in [0.717, 1.165) is 27.9 Å². The number of hydrogen-bond donors (Lipinski definition) is 5. The van der Waals surface area contributed by atoms with Gasteiger partial charge in [0.15, 0.2) is 0 Å². The Labute approximate surface area is 351 Å². The van der Waals surface area contributed by atoms with Crippen molar-refractivity contribution in [2.45, 2.75) is 27.7 Å². The Morgan fingerprint density at radius 2 is 0.614 bits per heavy atom. The largest absolute Gasteiger partial charge is 0.481 e. The second-order valence-electron chi connectivity index (χ2n) is 8.27. The van der Waals surface area contributed by atoms with Gasteiger partial charge in [0.2, 0.25) is 0 Å². The van der Waals surface area contributed by atoms with Crippen molar-refractivity contribution in [2.24, 2.45) is 0 Å². The van der Waals surface area contributed by atoms with Gasteiger partial charge >= 0.3 is 5.97 Å². The van der Waals surface area contributed by atoms with Crippen LogP contribution in [0.5, 0.6) is 0 Å². The smallest absolute Gasteiger partial charge is 0.302 e. The van der Waals surface area contributed by atoms with Crippen molar-refractivity contribution in [1.82, 2.24) is 0 Å². The standard InChI is InChI=1S/C9H18O5.C8H18O4.C7H16O4.3C2H4O2.2CH3Cl.CH3F.CH4O/c1-9(10)14-8-7-13-6-5-12-4-3-11-2;1-9-3-5-11-7-8-12-6-4-10-2;1-9-4-5-11-7-6-10-3-2-8;3*1-2(3)4;4*1-2/h3-8H2,1-2H3;3-8H2,1-2H3;8H,2-7H2,1H3;3*1H3,(H,3,4);3*1H3;2H,1H3/i;;;;;;;;1D;. The first kappa shape index (κ1) is 75.7. The summed E-state index contributed by atoms with van der Waals surface area (Å²) in [6, 6.07) is 0. The van der Waals surface area contributed by atoms with Crippen LogP contribution in [0.4, 0.5) is 4.39 Å². The summed E-state index contributed by atoms with van der Waals surface area (Å²) in [5, 5.41) is 37.6. The van der Waals surface area contributed by atoms with Crippen LogP contribution in [0.25, 0.3) is 0 Å². The van der Waals surface area contributed by atoms with Crippen LogP contribution in [0, 0.1) is 0 Å². The fourth-order valence-electron chi connectivity index (χ4n) is 1.84. The van der Waals surface area contributed by atoms with E-state index < -0.39 is 25.1 Å². The van der Waals surface area contributed by atoms with E-state index in [-0.39, 0.29) is 12.6 Å². The monoisotopic (exact) mass is 895 g/mol. The fourth-order valence-corrected chi connectivity index (χ4v) is 1.84. The lowest BCUT2D eigenvalue weighted by Crippen LogP contribution is -2.12. The molecule has 57 heavy (non-hydrogen) atoms. The van der Waals surface area contributed by atoms with E-state index in [0.29, 0.717) is 112 Å². The number of carboxylic acids is 3. The van der Waals surface area contributed by atoms with E-state index in [1.807, 2.05) is 0 Å². The molecule has 0 atom stereocenters. The zero-order valence-electron chi connectivity index (χ0n) is 36.9. The van der Waals surface area contributed by atoms with Crippen molar-refractivity contribution in [2.75, 3.05) is 174 Å². The number of halogens is 3. The summed E-state index contributed by atoms with van der Waals surface area (Å²) >= 11 is 9.28. The summed E-state index contributed by atoms with van der Waals surface area (Å²) in [7, 11) is 6.56. The number of alkyl halides is 3. The van der Waals surface area contributed by atoms with Crippen molar-refractivity contribution >= 4 is 47.1 Å². The number of aliphatic carboxylic acids is 3. The zero-order valence-corrected chi connectivity index (χ0v) is 37.4. The minimum Gasteiger partial charge on any atom is -0.481 e. The molecule has 0 aromatic heterocycles. The summed E-state index contributed by atoms with van der Waals surface area (Å²) in [4.78, 5) is 37.3. The Hall–Kier alpha value is -2.09. The molecule has 23 heteroatoms. The van der Waals surface area contributed by atoms with E-state index in [1.165, 1.54) is 19.7 Å². The molecule has 0 aromatic rings. The maximum absolute atomic E-state index is 10.3. The maximum Gasteiger partial charge on any atom is 0.302 e. The molecule has 0 radical (unpaired) electrons. The van der Waals surface area contributed by atoms with Crippen LogP contribution in [0.3, 0.4) is 0 Å². The van der Waals surface area contributed by atoms with Crippen LogP contribution in [0.15, 0.2) is 0 Å². The fraction of sp³-hybridized carbons (Fsp3) is 0.882. The third kappa shape index (κ3) is 216. The lowest BCUT2D eigenvalue weighted by Gasteiger charge is -2.05. The first-order valence-corrected chi connectivity index (χ1v) is 18.0. The van der Waals surface area contributed by atoms with Gasteiger partial charge in [-0.1, -0.05) is 0 Å². The van der Waals surface area contributed by atoms with E-state index >= 15 is 0 Å². The maximum atomic E-state index is 10.3. The molecular weight excluding hydrogens is 818 g/mol. The number of ether oxygens (including phenoxy) is 11. The Morgan fingerprint density at radius 3 is 0.772 bits per heavy atom. The Bertz CT molecular complexity index is 625. The summed E-state index contributed by atoms with van der Waals surface area (Å²) in [6.07, 6.45) is 2.94. The predicted molar refractivity (Wildman–Crippen MR) is 215 cm³/mol. The minimum atomic E-state index is -1.00. The van der Waals surface area contributed by atoms with Crippen molar-refractivity contribution in [3.8, 4) is 0 Å². The summed E-state index contributed by atoms with van der Waals surface area (Å²) < 4.78 is 69.9. The quantitative estimate of drug-likeness (QED) is 0.0474. The number of carboxylic acid groups (broad SMARTS) is 3. The van der Waals surface area contributed by atoms with E-state index in [4.69, 9.17) is 88.7 Å². The number of carbonyl (C=O) groups excluding carboxylic acids is 1. The van der Waals surface area contributed by atoms with Gasteiger partial charge in [-0.05, 0) is 0 Å². The SMILES string of the molecule is CC(=O)O.CC(=O)O.CC(=O)O.CCl.CCl.CO.COCCOCCOCCO.COCCOCCOCCOC.COCCOCCOCCOC(C)=O.[2H]CF. The molecule has 0 aromatic carbocycles. The number of aliphatic hydroxyl groups excluding tert-OH is 2. The molecular formula is C34H77Cl2FO20. The van der Waals surface area contributed by atoms with Gasteiger partial charge in [0.25, 0.3) is 17.9 Å². The Balaban J connectivity index is -0.0000000602. The average molecular weight is 897 g/mol. The highest BCUT2D eigenvalue weighted by Crippen LogP contribution is 1.82. The normalized spacial score (nSPS) is 8.67. The molecule has 0 heterocycles. The molecule has 0 spiro atoms. The number of methoxy groups -OCH3 is 4. The second kappa shape index (κ2) is 99.7. The number of rotatable bonds is 26. The van der Waals surface area contributed by atoms with E-state index in [9.17, 15) is 9.18 Å². The minimum absolute atomic E-state index is 0.0675. The molecule has 0 bridgehead atoms. The molecule has 0 rings (SSSR count). The molecule has 0 saturated heterocycles. The van der Waals surface area contributed by atoms with Crippen molar-refractivity contribution in [1.29, 1.82) is 0 Å². The van der Waals surface area contributed by atoms with Gasteiger partial charge in [0.05, 0.1) is 121 Å². The molecule has 0 unspecified atom stereocenters. The number of esters is 1. The first-order chi connectivity index (χ1) is 27.7. The van der Waals surface area contributed by atoms with Gasteiger partial charge in [0, 0.05) is 76.0 Å². The molecule has 354 valence electrons. The lowest BCUT2D eigenvalue weighted by atomic mass is 10.7. The van der Waals surface area contributed by atoms with Crippen molar-refractivity contribution < 1.29 is 103 Å². The van der Waals surface area contributed by atoms with Crippen LogP contribution < -0.4 is 0 Å². The van der Waals surface area contributed by atoms with Crippen molar-refractivity contribution in [3.63, 3.8) is 0 Å². The summed E-state index contributed by atoms with van der Waals surface area (Å²) in [6.45, 7) is 14.0. The van der Waals surface area contributed by atoms with Gasteiger partial charge < -0.3 is 77.6 Å². The molecule has 0 saturated carbocycles. The topological polar surface area (TPSA) is 271 Å².